The van der Waals surface area contributed by atoms with E-state index >= 15 is 0 Å². The van der Waals surface area contributed by atoms with Crippen molar-refractivity contribution in [3.63, 3.8) is 0 Å². The van der Waals surface area contributed by atoms with Crippen molar-refractivity contribution >= 4 is 21.8 Å². The number of furan rings is 1. The monoisotopic (exact) mass is 328 g/mol. The molecule has 0 saturated carbocycles. The van der Waals surface area contributed by atoms with Crippen LogP contribution in [0.5, 0.6) is 0 Å². The number of piperidine rings is 1. The molecule has 1 amide bonds. The number of amides is 1. The molecule has 1 aliphatic heterocycles. The third kappa shape index (κ3) is 3.83. The van der Waals surface area contributed by atoms with Crippen LogP contribution in [0.15, 0.2) is 21.2 Å². The second-order valence-corrected chi connectivity index (χ2v) is 6.15. The Morgan fingerprint density at radius 2 is 2.37 bits per heavy atom. The fourth-order valence-corrected chi connectivity index (χ4v) is 2.76. The lowest BCUT2D eigenvalue weighted by atomic mass is 9.98. The van der Waals surface area contributed by atoms with Crippen molar-refractivity contribution in [2.75, 3.05) is 19.6 Å². The number of hydrogen-bond donors (Lipinski definition) is 1. The first-order valence-corrected chi connectivity index (χ1v) is 7.64. The smallest absolute Gasteiger partial charge is 0.289 e. The maximum Gasteiger partial charge on any atom is 0.289 e. The summed E-state index contributed by atoms with van der Waals surface area (Å²) in [4.78, 5) is 14.4. The molecule has 106 valence electrons. The first kappa shape index (κ1) is 14.6. The summed E-state index contributed by atoms with van der Waals surface area (Å²) >= 11 is 3.24. The minimum Gasteiger partial charge on any atom is -0.444 e. The third-order valence-electron chi connectivity index (χ3n) is 3.52. The lowest BCUT2D eigenvalue weighted by Crippen LogP contribution is -2.44. The number of rotatable bonds is 4. The molecule has 4 nitrogen and oxygen atoms in total. The molecule has 1 atom stereocenters. The Kier molecular flexibility index (Phi) is 5.05. The maximum atomic E-state index is 12.5. The molecule has 0 bridgehead atoms. The van der Waals surface area contributed by atoms with Crippen molar-refractivity contribution in [2.45, 2.75) is 32.7 Å². The van der Waals surface area contributed by atoms with Crippen LogP contribution in [0.4, 0.5) is 0 Å². The highest BCUT2D eigenvalue weighted by atomic mass is 79.9. The quantitative estimate of drug-likeness (QED) is 0.924. The van der Waals surface area contributed by atoms with Crippen LogP contribution in [0.25, 0.3) is 0 Å². The summed E-state index contributed by atoms with van der Waals surface area (Å²) in [5.41, 5.74) is 0. The fraction of sp³-hybridized carbons (Fsp3) is 0.643. The average molecular weight is 329 g/mol. The van der Waals surface area contributed by atoms with Crippen LogP contribution in [0.2, 0.25) is 0 Å². The van der Waals surface area contributed by atoms with Gasteiger partial charge in [0.25, 0.3) is 5.91 Å². The molecule has 5 heteroatoms. The summed E-state index contributed by atoms with van der Waals surface area (Å²) in [6, 6.07) is 3.66. The second kappa shape index (κ2) is 6.57. The lowest BCUT2D eigenvalue weighted by molar-refractivity contribution is 0.0627. The molecule has 2 rings (SSSR count). The molecule has 1 N–H and O–H groups in total. The maximum absolute atomic E-state index is 12.5. The van der Waals surface area contributed by atoms with E-state index in [1.165, 1.54) is 12.8 Å². The number of nitrogens with one attached hydrogen (secondary N) is 1. The molecular weight excluding hydrogens is 308 g/mol. The number of carbonyl (C=O) groups excluding carboxylic acids is 1. The van der Waals surface area contributed by atoms with Gasteiger partial charge in [-0.25, -0.2) is 0 Å². The summed E-state index contributed by atoms with van der Waals surface area (Å²) < 4.78 is 5.97. The Morgan fingerprint density at radius 3 is 2.89 bits per heavy atom. The fourth-order valence-electron chi connectivity index (χ4n) is 2.46. The first-order chi connectivity index (χ1) is 9.08. The van der Waals surface area contributed by atoms with Crippen LogP contribution in [0.3, 0.4) is 0 Å². The molecule has 1 saturated heterocycles. The van der Waals surface area contributed by atoms with E-state index < -0.39 is 0 Å². The van der Waals surface area contributed by atoms with Crippen LogP contribution in [-0.2, 0) is 0 Å². The Bertz CT molecular complexity index is 425. The van der Waals surface area contributed by atoms with Crippen LogP contribution >= 0.6 is 15.9 Å². The van der Waals surface area contributed by atoms with Crippen molar-refractivity contribution < 1.29 is 9.21 Å². The number of halogens is 1. The van der Waals surface area contributed by atoms with E-state index in [1.807, 2.05) is 18.7 Å². The van der Waals surface area contributed by atoms with Gasteiger partial charge in [0.05, 0.1) is 0 Å². The second-order valence-electron chi connectivity index (χ2n) is 5.37. The van der Waals surface area contributed by atoms with Gasteiger partial charge in [0, 0.05) is 12.6 Å². The van der Waals surface area contributed by atoms with Gasteiger partial charge in [0.2, 0.25) is 0 Å². The SMILES string of the molecule is CC(C)N(CC1CCCNC1)C(=O)c1ccc(Br)o1. The van der Waals surface area contributed by atoms with E-state index in [2.05, 4.69) is 21.2 Å². The molecular formula is C14H21BrN2O2. The zero-order valence-corrected chi connectivity index (χ0v) is 13.1. The molecule has 1 aromatic heterocycles. The van der Waals surface area contributed by atoms with Gasteiger partial charge in [-0.2, -0.15) is 0 Å². The largest absolute Gasteiger partial charge is 0.444 e. The highest BCUT2D eigenvalue weighted by molar-refractivity contribution is 9.10. The standard InChI is InChI=1S/C14H21BrN2O2/c1-10(2)17(9-11-4-3-7-16-8-11)14(18)12-5-6-13(15)19-12/h5-6,10-11,16H,3-4,7-9H2,1-2H3. The summed E-state index contributed by atoms with van der Waals surface area (Å²) in [7, 11) is 0. The minimum atomic E-state index is -0.0220. The van der Waals surface area contributed by atoms with E-state index in [4.69, 9.17) is 4.42 Å². The lowest BCUT2D eigenvalue weighted by Gasteiger charge is -2.32. The Hall–Kier alpha value is -0.810. The Balaban J connectivity index is 2.04. The van der Waals surface area contributed by atoms with Crippen molar-refractivity contribution in [1.82, 2.24) is 10.2 Å². The zero-order chi connectivity index (χ0) is 13.8. The summed E-state index contributed by atoms with van der Waals surface area (Å²) in [5.74, 6) is 0.925. The highest BCUT2D eigenvalue weighted by Crippen LogP contribution is 2.19. The summed E-state index contributed by atoms with van der Waals surface area (Å²) in [6.07, 6.45) is 2.38. The molecule has 1 aliphatic rings. The average Bonchev–Trinajstić information content (AvgIpc) is 2.83. The van der Waals surface area contributed by atoms with Crippen molar-refractivity contribution in [3.05, 3.63) is 22.6 Å². The summed E-state index contributed by atoms with van der Waals surface area (Å²) in [5, 5.41) is 3.39. The van der Waals surface area contributed by atoms with Crippen LogP contribution in [-0.4, -0.2) is 36.5 Å². The predicted molar refractivity (Wildman–Crippen MR) is 78.2 cm³/mol. The van der Waals surface area contributed by atoms with Gasteiger partial charge < -0.3 is 14.6 Å². The van der Waals surface area contributed by atoms with Gasteiger partial charge in [0.15, 0.2) is 10.4 Å². The predicted octanol–water partition coefficient (Wildman–Crippen LogP) is 2.89. The van der Waals surface area contributed by atoms with Gasteiger partial charge in [-0.1, -0.05) is 0 Å². The molecule has 0 aromatic carbocycles. The zero-order valence-electron chi connectivity index (χ0n) is 11.5. The molecule has 0 radical (unpaired) electrons. The Morgan fingerprint density at radius 1 is 1.58 bits per heavy atom. The van der Waals surface area contributed by atoms with E-state index in [9.17, 15) is 4.79 Å². The highest BCUT2D eigenvalue weighted by Gasteiger charge is 2.25. The van der Waals surface area contributed by atoms with Crippen LogP contribution in [0, 0.1) is 5.92 Å². The molecule has 1 unspecified atom stereocenters. The van der Waals surface area contributed by atoms with Crippen LogP contribution < -0.4 is 5.32 Å². The van der Waals surface area contributed by atoms with Gasteiger partial charge in [-0.05, 0) is 73.8 Å². The number of hydrogen-bond acceptors (Lipinski definition) is 3. The van der Waals surface area contributed by atoms with E-state index in [1.54, 1.807) is 12.1 Å². The molecule has 0 aliphatic carbocycles. The van der Waals surface area contributed by atoms with Crippen LogP contribution in [0.1, 0.15) is 37.2 Å². The van der Waals surface area contributed by atoms with E-state index in [0.717, 1.165) is 19.6 Å². The third-order valence-corrected chi connectivity index (χ3v) is 3.95. The van der Waals surface area contributed by atoms with Crippen molar-refractivity contribution in [2.24, 2.45) is 5.92 Å². The number of nitrogens with zero attached hydrogens (tertiary/aromatic N) is 1. The van der Waals surface area contributed by atoms with Gasteiger partial charge in [0.1, 0.15) is 0 Å². The van der Waals surface area contributed by atoms with Crippen molar-refractivity contribution in [1.29, 1.82) is 0 Å². The number of carbonyl (C=O) groups is 1. The van der Waals surface area contributed by atoms with E-state index in [-0.39, 0.29) is 11.9 Å². The first-order valence-electron chi connectivity index (χ1n) is 6.85. The molecule has 2 heterocycles. The van der Waals surface area contributed by atoms with Crippen molar-refractivity contribution in [3.8, 4) is 0 Å². The minimum absolute atomic E-state index is 0.0220. The van der Waals surface area contributed by atoms with Gasteiger partial charge >= 0.3 is 0 Å². The molecule has 0 spiro atoms. The molecule has 19 heavy (non-hydrogen) atoms. The topological polar surface area (TPSA) is 45.5 Å². The Labute approximate surface area is 122 Å². The summed E-state index contributed by atoms with van der Waals surface area (Å²) in [6.45, 7) is 6.98. The van der Waals surface area contributed by atoms with Gasteiger partial charge in [-0.15, -0.1) is 0 Å². The normalized spacial score (nSPS) is 19.7. The van der Waals surface area contributed by atoms with Gasteiger partial charge in [-0.3, -0.25) is 4.79 Å². The molecule has 1 aromatic rings. The van der Waals surface area contributed by atoms with E-state index in [0.29, 0.717) is 16.3 Å². The molecule has 1 fully saturated rings.